The molecule has 1 N–H and O–H groups in total. The molecule has 0 aliphatic carbocycles. The summed E-state index contributed by atoms with van der Waals surface area (Å²) >= 11 is 0. The van der Waals surface area contributed by atoms with Gasteiger partial charge >= 0.3 is 0 Å². The van der Waals surface area contributed by atoms with Crippen LogP contribution in [0.5, 0.6) is 0 Å². The molecular weight excluding hydrogens is 292 g/mol. The quantitative estimate of drug-likeness (QED) is 0.797. The minimum Gasteiger partial charge on any atom is -0.348 e. The van der Waals surface area contributed by atoms with Crippen LogP contribution in [0, 0.1) is 6.92 Å². The van der Waals surface area contributed by atoms with Gasteiger partial charge in [-0.1, -0.05) is 30.3 Å². The van der Waals surface area contributed by atoms with E-state index in [1.165, 1.54) is 4.68 Å². The monoisotopic (exact) mass is 310 g/mol. The fourth-order valence-corrected chi connectivity index (χ4v) is 2.59. The maximum absolute atomic E-state index is 12.3. The molecule has 3 aromatic rings. The average molecular weight is 310 g/mol. The van der Waals surface area contributed by atoms with Crippen LogP contribution >= 0.6 is 0 Å². The molecule has 23 heavy (non-hydrogen) atoms. The molecule has 1 atom stereocenters. The van der Waals surface area contributed by atoms with E-state index < -0.39 is 0 Å². The molecule has 0 bridgehead atoms. The van der Waals surface area contributed by atoms with Crippen LogP contribution in [0.2, 0.25) is 0 Å². The average Bonchev–Trinajstić information content (AvgIpc) is 3.03. The Morgan fingerprint density at radius 3 is 2.70 bits per heavy atom. The molecular formula is C17H18N4O2. The highest BCUT2D eigenvalue weighted by atomic mass is 16.2. The second-order valence-electron chi connectivity index (χ2n) is 5.47. The molecule has 0 saturated heterocycles. The van der Waals surface area contributed by atoms with E-state index in [-0.39, 0.29) is 24.1 Å². The van der Waals surface area contributed by atoms with Crippen molar-refractivity contribution in [2.75, 3.05) is 0 Å². The number of nitrogens with one attached hydrogen (secondary N) is 1. The minimum absolute atomic E-state index is 0.0987. The maximum Gasteiger partial charge on any atom is 0.291 e. The normalized spacial score (nSPS) is 12.3. The first-order chi connectivity index (χ1) is 11.1. The molecule has 0 saturated carbocycles. The van der Waals surface area contributed by atoms with Crippen LogP contribution in [0.25, 0.3) is 5.52 Å². The van der Waals surface area contributed by atoms with Crippen LogP contribution < -0.4 is 10.9 Å². The molecule has 2 aromatic heterocycles. The van der Waals surface area contributed by atoms with E-state index in [2.05, 4.69) is 10.4 Å². The fraction of sp³-hybridized carbons (Fsp3) is 0.235. The lowest BCUT2D eigenvalue weighted by Crippen LogP contribution is -2.36. The van der Waals surface area contributed by atoms with E-state index in [9.17, 15) is 9.59 Å². The molecule has 1 unspecified atom stereocenters. The van der Waals surface area contributed by atoms with E-state index in [0.29, 0.717) is 11.3 Å². The van der Waals surface area contributed by atoms with Crippen LogP contribution in [-0.4, -0.2) is 20.1 Å². The molecule has 6 nitrogen and oxygen atoms in total. The second kappa shape index (κ2) is 6.08. The van der Waals surface area contributed by atoms with Gasteiger partial charge in [-0.25, -0.2) is 4.68 Å². The van der Waals surface area contributed by atoms with Gasteiger partial charge < -0.3 is 5.32 Å². The van der Waals surface area contributed by atoms with Gasteiger partial charge in [-0.3, -0.25) is 14.0 Å². The van der Waals surface area contributed by atoms with Gasteiger partial charge in [0.2, 0.25) is 5.91 Å². The largest absolute Gasteiger partial charge is 0.348 e. The predicted molar refractivity (Wildman–Crippen MR) is 87.2 cm³/mol. The molecule has 2 heterocycles. The smallest absolute Gasteiger partial charge is 0.291 e. The number of amides is 1. The van der Waals surface area contributed by atoms with E-state index in [0.717, 1.165) is 5.56 Å². The van der Waals surface area contributed by atoms with Gasteiger partial charge in [0.25, 0.3) is 5.56 Å². The Kier molecular flexibility index (Phi) is 3.97. The van der Waals surface area contributed by atoms with Crippen molar-refractivity contribution in [3.05, 3.63) is 70.4 Å². The Morgan fingerprint density at radius 1 is 1.22 bits per heavy atom. The summed E-state index contributed by atoms with van der Waals surface area (Å²) in [4.78, 5) is 24.5. The van der Waals surface area contributed by atoms with Crippen LogP contribution in [-0.2, 0) is 11.3 Å². The number of aryl methyl sites for hydroxylation is 1. The Balaban J connectivity index is 1.78. The summed E-state index contributed by atoms with van der Waals surface area (Å²) in [6.07, 6.45) is 1.78. The molecule has 6 heteroatoms. The number of rotatable bonds is 4. The summed E-state index contributed by atoms with van der Waals surface area (Å²) in [6, 6.07) is 13.1. The lowest BCUT2D eigenvalue weighted by atomic mass is 10.1. The number of carbonyl (C=O) groups excluding carboxylic acids is 1. The number of benzene rings is 1. The summed E-state index contributed by atoms with van der Waals surface area (Å²) in [5.41, 5.74) is 1.25. The topological polar surface area (TPSA) is 68.4 Å². The molecule has 1 amide bonds. The Hall–Kier alpha value is -2.89. The Bertz CT molecular complexity index is 896. The van der Waals surface area contributed by atoms with E-state index >= 15 is 0 Å². The van der Waals surface area contributed by atoms with Crippen molar-refractivity contribution in [3.63, 3.8) is 0 Å². The van der Waals surface area contributed by atoms with Gasteiger partial charge in [0.1, 0.15) is 17.9 Å². The van der Waals surface area contributed by atoms with Gasteiger partial charge in [0.15, 0.2) is 0 Å². The van der Waals surface area contributed by atoms with Crippen LogP contribution in [0.4, 0.5) is 0 Å². The van der Waals surface area contributed by atoms with Gasteiger partial charge in [-0.15, -0.1) is 0 Å². The summed E-state index contributed by atoms with van der Waals surface area (Å²) in [5, 5.41) is 7.09. The Labute approximate surface area is 133 Å². The minimum atomic E-state index is -0.275. The molecule has 0 radical (unpaired) electrons. The van der Waals surface area contributed by atoms with Gasteiger partial charge in [-0.2, -0.15) is 5.10 Å². The molecule has 0 aliphatic rings. The Morgan fingerprint density at radius 2 is 1.96 bits per heavy atom. The third-order valence-electron chi connectivity index (χ3n) is 3.79. The number of nitrogens with zero attached hydrogens (tertiary/aromatic N) is 3. The van der Waals surface area contributed by atoms with E-state index in [1.54, 1.807) is 29.7 Å². The summed E-state index contributed by atoms with van der Waals surface area (Å²) in [7, 11) is 0. The number of carbonyl (C=O) groups is 1. The highest BCUT2D eigenvalue weighted by Crippen LogP contribution is 2.10. The lowest BCUT2D eigenvalue weighted by Gasteiger charge is -2.15. The first-order valence-electron chi connectivity index (χ1n) is 7.45. The highest BCUT2D eigenvalue weighted by Gasteiger charge is 2.13. The zero-order valence-corrected chi connectivity index (χ0v) is 13.1. The SMILES string of the molecule is Cc1nn(CC(=O)NC(C)c2ccccc2)c(=O)c2cccn12. The molecule has 0 fully saturated rings. The van der Waals surface area contributed by atoms with Crippen molar-refractivity contribution in [2.45, 2.75) is 26.4 Å². The van der Waals surface area contributed by atoms with Crippen LogP contribution in [0.1, 0.15) is 24.4 Å². The van der Waals surface area contributed by atoms with Gasteiger partial charge in [0, 0.05) is 6.20 Å². The van der Waals surface area contributed by atoms with Crippen molar-refractivity contribution >= 4 is 11.4 Å². The van der Waals surface area contributed by atoms with Crippen molar-refractivity contribution in [3.8, 4) is 0 Å². The summed E-state index contributed by atoms with van der Waals surface area (Å²) < 4.78 is 2.92. The highest BCUT2D eigenvalue weighted by molar-refractivity contribution is 5.76. The first kappa shape index (κ1) is 15.0. The molecule has 1 aromatic carbocycles. The lowest BCUT2D eigenvalue weighted by molar-refractivity contribution is -0.122. The van der Waals surface area contributed by atoms with Crippen molar-refractivity contribution in [1.82, 2.24) is 19.5 Å². The summed E-state index contributed by atoms with van der Waals surface area (Å²) in [5.74, 6) is 0.416. The van der Waals surface area contributed by atoms with Gasteiger partial charge in [0.05, 0.1) is 6.04 Å². The third-order valence-corrected chi connectivity index (χ3v) is 3.79. The second-order valence-corrected chi connectivity index (χ2v) is 5.47. The number of hydrogen-bond acceptors (Lipinski definition) is 3. The summed E-state index contributed by atoms with van der Waals surface area (Å²) in [6.45, 7) is 3.61. The standard InChI is InChI=1S/C17H18N4O2/c1-12(14-7-4-3-5-8-14)18-16(22)11-21-17(23)15-9-6-10-20(15)13(2)19-21/h3-10,12H,11H2,1-2H3,(H,18,22). The van der Waals surface area contributed by atoms with Crippen LogP contribution in [0.15, 0.2) is 53.5 Å². The van der Waals surface area contributed by atoms with E-state index in [4.69, 9.17) is 0 Å². The first-order valence-corrected chi connectivity index (χ1v) is 7.45. The van der Waals surface area contributed by atoms with Crippen molar-refractivity contribution < 1.29 is 4.79 Å². The fourth-order valence-electron chi connectivity index (χ4n) is 2.59. The maximum atomic E-state index is 12.3. The predicted octanol–water partition coefficient (Wildman–Crippen LogP) is 1.68. The number of fused-ring (bicyclic) bond motifs is 1. The number of aromatic nitrogens is 3. The molecule has 118 valence electrons. The van der Waals surface area contributed by atoms with Crippen molar-refractivity contribution in [1.29, 1.82) is 0 Å². The zero-order valence-electron chi connectivity index (χ0n) is 13.1. The third kappa shape index (κ3) is 3.01. The zero-order chi connectivity index (χ0) is 16.4. The van der Waals surface area contributed by atoms with Crippen LogP contribution in [0.3, 0.4) is 0 Å². The van der Waals surface area contributed by atoms with Gasteiger partial charge in [-0.05, 0) is 31.5 Å². The number of hydrogen-bond donors (Lipinski definition) is 1. The molecule has 0 spiro atoms. The van der Waals surface area contributed by atoms with E-state index in [1.807, 2.05) is 37.3 Å². The molecule has 3 rings (SSSR count). The van der Waals surface area contributed by atoms with Crippen molar-refractivity contribution in [2.24, 2.45) is 0 Å². The molecule has 0 aliphatic heterocycles.